The smallest absolute Gasteiger partial charge is 0.326 e. The van der Waals surface area contributed by atoms with Gasteiger partial charge in [0.1, 0.15) is 0 Å². The van der Waals surface area contributed by atoms with Gasteiger partial charge in [-0.2, -0.15) is 0 Å². The molecule has 0 unspecified atom stereocenters. The van der Waals surface area contributed by atoms with Gasteiger partial charge in [0.25, 0.3) is 0 Å². The van der Waals surface area contributed by atoms with Gasteiger partial charge in [-0.05, 0) is 31.2 Å². The normalized spacial score (nSPS) is 10.2. The molecule has 2 aromatic rings. The minimum absolute atomic E-state index is 0.143. The Morgan fingerprint density at radius 1 is 1.19 bits per heavy atom. The zero-order valence-corrected chi connectivity index (χ0v) is 11.9. The van der Waals surface area contributed by atoms with Crippen LogP contribution < -0.4 is 16.0 Å². The van der Waals surface area contributed by atoms with Gasteiger partial charge in [0.05, 0.1) is 24.5 Å². The molecule has 5 nitrogen and oxygen atoms in total. The van der Waals surface area contributed by atoms with Crippen LogP contribution in [0.15, 0.2) is 48.5 Å². The highest BCUT2D eigenvalue weighted by molar-refractivity contribution is 6.03. The van der Waals surface area contributed by atoms with Crippen LogP contribution in [0.3, 0.4) is 0 Å². The number of urea groups is 1. The first-order valence-corrected chi connectivity index (χ1v) is 6.72. The Hall–Kier alpha value is -2.53. The van der Waals surface area contributed by atoms with E-state index in [9.17, 15) is 9.90 Å². The summed E-state index contributed by atoms with van der Waals surface area (Å²) in [5.74, 6) is 0. The highest BCUT2D eigenvalue weighted by Crippen LogP contribution is 2.23. The first-order chi connectivity index (χ1) is 10.1. The molecule has 21 heavy (non-hydrogen) atoms. The van der Waals surface area contributed by atoms with Crippen molar-refractivity contribution in [2.75, 3.05) is 29.1 Å². The first-order valence-electron chi connectivity index (χ1n) is 6.72. The molecule has 0 aliphatic heterocycles. The molecule has 2 amide bonds. The molecule has 0 heterocycles. The third kappa shape index (κ3) is 3.73. The standard InChI is InChI=1S/C16H19N3O2/c1-12-6-8-13(9-7-12)18-16(21)19(10-11-20)15-5-3-2-4-14(15)17/h2-9,20H,10-11,17H2,1H3,(H,18,21). The number of aliphatic hydroxyl groups excluding tert-OH is 1. The van der Waals surface area contributed by atoms with Gasteiger partial charge < -0.3 is 16.2 Å². The van der Waals surface area contributed by atoms with Crippen LogP contribution in [-0.2, 0) is 0 Å². The third-order valence-electron chi connectivity index (χ3n) is 3.10. The fourth-order valence-electron chi connectivity index (χ4n) is 1.99. The van der Waals surface area contributed by atoms with Crippen molar-refractivity contribution in [1.29, 1.82) is 0 Å². The highest BCUT2D eigenvalue weighted by Gasteiger charge is 2.17. The first kappa shape index (κ1) is 14.9. The number of carbonyl (C=O) groups is 1. The van der Waals surface area contributed by atoms with E-state index in [4.69, 9.17) is 5.73 Å². The monoisotopic (exact) mass is 285 g/mol. The maximum absolute atomic E-state index is 12.4. The number of para-hydroxylation sites is 2. The van der Waals surface area contributed by atoms with E-state index in [2.05, 4.69) is 5.32 Å². The Morgan fingerprint density at radius 3 is 2.48 bits per heavy atom. The summed E-state index contributed by atoms with van der Waals surface area (Å²) in [6, 6.07) is 14.2. The Morgan fingerprint density at radius 2 is 1.86 bits per heavy atom. The van der Waals surface area contributed by atoms with E-state index in [1.807, 2.05) is 31.2 Å². The zero-order valence-electron chi connectivity index (χ0n) is 11.9. The Labute approximate surface area is 124 Å². The van der Waals surface area contributed by atoms with E-state index in [1.54, 1.807) is 24.3 Å². The summed E-state index contributed by atoms with van der Waals surface area (Å²) >= 11 is 0. The van der Waals surface area contributed by atoms with Crippen molar-refractivity contribution in [3.05, 3.63) is 54.1 Å². The number of carbonyl (C=O) groups excluding carboxylic acids is 1. The number of hydrogen-bond donors (Lipinski definition) is 3. The minimum atomic E-state index is -0.328. The van der Waals surface area contributed by atoms with Crippen molar-refractivity contribution in [3.63, 3.8) is 0 Å². The molecular weight excluding hydrogens is 266 g/mol. The molecule has 0 bridgehead atoms. The Bertz CT molecular complexity index is 611. The van der Waals surface area contributed by atoms with Crippen molar-refractivity contribution in [1.82, 2.24) is 0 Å². The van der Waals surface area contributed by atoms with E-state index in [0.29, 0.717) is 17.1 Å². The molecule has 110 valence electrons. The summed E-state index contributed by atoms with van der Waals surface area (Å²) in [5.41, 5.74) is 8.79. The van der Waals surface area contributed by atoms with Crippen LogP contribution in [0.1, 0.15) is 5.56 Å². The van der Waals surface area contributed by atoms with Crippen LogP contribution in [-0.4, -0.2) is 24.3 Å². The van der Waals surface area contributed by atoms with Crippen molar-refractivity contribution in [3.8, 4) is 0 Å². The lowest BCUT2D eigenvalue weighted by molar-refractivity contribution is 0.252. The Kier molecular flexibility index (Phi) is 4.79. The average Bonchev–Trinajstić information content (AvgIpc) is 2.48. The molecule has 0 aliphatic carbocycles. The number of nitrogens with two attached hydrogens (primary N) is 1. The third-order valence-corrected chi connectivity index (χ3v) is 3.10. The molecule has 2 rings (SSSR count). The van der Waals surface area contributed by atoms with Gasteiger partial charge in [0.15, 0.2) is 0 Å². The maximum Gasteiger partial charge on any atom is 0.326 e. The topological polar surface area (TPSA) is 78.6 Å². The van der Waals surface area contributed by atoms with Crippen LogP contribution in [0.4, 0.5) is 21.9 Å². The van der Waals surface area contributed by atoms with Crippen molar-refractivity contribution >= 4 is 23.1 Å². The summed E-state index contributed by atoms with van der Waals surface area (Å²) in [4.78, 5) is 13.8. The highest BCUT2D eigenvalue weighted by atomic mass is 16.3. The van der Waals surface area contributed by atoms with E-state index in [0.717, 1.165) is 5.56 Å². The number of nitrogen functional groups attached to an aromatic ring is 1. The zero-order chi connectivity index (χ0) is 15.2. The molecule has 0 aliphatic rings. The van der Waals surface area contributed by atoms with Gasteiger partial charge in [-0.15, -0.1) is 0 Å². The number of benzene rings is 2. The fourth-order valence-corrected chi connectivity index (χ4v) is 1.99. The van der Waals surface area contributed by atoms with E-state index in [-0.39, 0.29) is 19.2 Å². The molecule has 5 heteroatoms. The van der Waals surface area contributed by atoms with Gasteiger partial charge in [-0.25, -0.2) is 4.79 Å². The molecule has 0 aromatic heterocycles. The lowest BCUT2D eigenvalue weighted by atomic mass is 10.2. The molecule has 0 radical (unpaired) electrons. The van der Waals surface area contributed by atoms with Crippen LogP contribution in [0.25, 0.3) is 0 Å². The second kappa shape index (κ2) is 6.76. The Balaban J connectivity index is 2.20. The number of aliphatic hydroxyl groups is 1. The number of nitrogens with one attached hydrogen (secondary N) is 1. The fraction of sp³-hybridized carbons (Fsp3) is 0.188. The second-order valence-corrected chi connectivity index (χ2v) is 4.73. The van der Waals surface area contributed by atoms with Gasteiger partial charge in [-0.3, -0.25) is 4.90 Å². The summed E-state index contributed by atoms with van der Waals surface area (Å²) in [5, 5.41) is 12.0. The van der Waals surface area contributed by atoms with Crippen molar-refractivity contribution < 1.29 is 9.90 Å². The summed E-state index contributed by atoms with van der Waals surface area (Å²) in [7, 11) is 0. The lowest BCUT2D eigenvalue weighted by Gasteiger charge is -2.23. The largest absolute Gasteiger partial charge is 0.397 e. The summed E-state index contributed by atoms with van der Waals surface area (Å²) in [6.45, 7) is 2.01. The molecule has 0 atom stereocenters. The van der Waals surface area contributed by atoms with Crippen molar-refractivity contribution in [2.24, 2.45) is 0 Å². The van der Waals surface area contributed by atoms with Crippen LogP contribution >= 0.6 is 0 Å². The number of nitrogens with zero attached hydrogens (tertiary/aromatic N) is 1. The number of rotatable bonds is 4. The van der Waals surface area contributed by atoms with Gasteiger partial charge in [0, 0.05) is 5.69 Å². The summed E-state index contributed by atoms with van der Waals surface area (Å²) < 4.78 is 0. The molecular formula is C16H19N3O2. The van der Waals surface area contributed by atoms with Gasteiger partial charge >= 0.3 is 6.03 Å². The molecule has 0 saturated heterocycles. The quantitative estimate of drug-likeness (QED) is 0.755. The molecule has 0 spiro atoms. The second-order valence-electron chi connectivity index (χ2n) is 4.73. The maximum atomic E-state index is 12.4. The molecule has 2 aromatic carbocycles. The predicted molar refractivity (Wildman–Crippen MR) is 85.5 cm³/mol. The average molecular weight is 285 g/mol. The number of hydrogen-bond acceptors (Lipinski definition) is 3. The summed E-state index contributed by atoms with van der Waals surface area (Å²) in [6.07, 6.45) is 0. The van der Waals surface area contributed by atoms with Gasteiger partial charge in [-0.1, -0.05) is 29.8 Å². The SMILES string of the molecule is Cc1ccc(NC(=O)N(CCO)c2ccccc2N)cc1. The number of amides is 2. The van der Waals surface area contributed by atoms with Crippen LogP contribution in [0.5, 0.6) is 0 Å². The van der Waals surface area contributed by atoms with E-state index < -0.39 is 0 Å². The number of aryl methyl sites for hydroxylation is 1. The van der Waals surface area contributed by atoms with Crippen LogP contribution in [0.2, 0.25) is 0 Å². The molecule has 0 fully saturated rings. The van der Waals surface area contributed by atoms with Gasteiger partial charge in [0.2, 0.25) is 0 Å². The molecule has 0 saturated carbocycles. The number of anilines is 3. The van der Waals surface area contributed by atoms with Crippen molar-refractivity contribution in [2.45, 2.75) is 6.92 Å². The van der Waals surface area contributed by atoms with E-state index >= 15 is 0 Å². The lowest BCUT2D eigenvalue weighted by Crippen LogP contribution is -2.37. The predicted octanol–water partition coefficient (Wildman–Crippen LogP) is 2.61. The minimum Gasteiger partial charge on any atom is -0.397 e. The van der Waals surface area contributed by atoms with Crippen LogP contribution in [0, 0.1) is 6.92 Å². The molecule has 4 N–H and O–H groups in total. The van der Waals surface area contributed by atoms with E-state index in [1.165, 1.54) is 4.90 Å².